The number of carbonyl (C=O) groups is 1. The molecule has 5 heteroatoms. The number of aromatic nitrogens is 1. The Hall–Kier alpha value is -1.62. The fraction of sp³-hybridized carbons (Fsp3) is 0.429. The van der Waals surface area contributed by atoms with E-state index >= 15 is 0 Å². The lowest BCUT2D eigenvalue weighted by Gasteiger charge is -2.17. The highest BCUT2D eigenvalue weighted by molar-refractivity contribution is 7.07. The fourth-order valence-electron chi connectivity index (χ4n) is 1.96. The molecule has 0 saturated carbocycles. The van der Waals surface area contributed by atoms with Crippen molar-refractivity contribution in [1.82, 2.24) is 10.1 Å². The molecule has 0 saturated heterocycles. The van der Waals surface area contributed by atoms with Gasteiger partial charge in [0, 0.05) is 19.5 Å². The second kappa shape index (κ2) is 5.57. The molecule has 0 spiro atoms. The average molecular weight is 278 g/mol. The Morgan fingerprint density at radius 1 is 1.53 bits per heavy atom. The van der Waals surface area contributed by atoms with Crippen LogP contribution in [0, 0.1) is 6.92 Å². The molecular formula is C14H18N2O2S. The second-order valence-corrected chi connectivity index (χ2v) is 5.73. The molecule has 0 aliphatic heterocycles. The van der Waals surface area contributed by atoms with Gasteiger partial charge in [-0.15, -0.1) is 0 Å². The van der Waals surface area contributed by atoms with Crippen LogP contribution >= 0.6 is 11.3 Å². The maximum absolute atomic E-state index is 12.5. The zero-order chi connectivity index (χ0) is 14.0. The summed E-state index contributed by atoms with van der Waals surface area (Å²) in [6, 6.07) is 2.03. The third kappa shape index (κ3) is 2.87. The van der Waals surface area contributed by atoms with Crippen molar-refractivity contribution in [2.75, 3.05) is 7.05 Å². The minimum atomic E-state index is -0.0337. The van der Waals surface area contributed by atoms with E-state index in [4.69, 9.17) is 4.52 Å². The lowest BCUT2D eigenvalue weighted by atomic mass is 10.0. The van der Waals surface area contributed by atoms with Crippen molar-refractivity contribution >= 4 is 17.2 Å². The molecule has 19 heavy (non-hydrogen) atoms. The van der Waals surface area contributed by atoms with Gasteiger partial charge in [-0.3, -0.25) is 4.79 Å². The first-order valence-electron chi connectivity index (χ1n) is 6.23. The minimum Gasteiger partial charge on any atom is -0.360 e. The van der Waals surface area contributed by atoms with Crippen LogP contribution in [0.4, 0.5) is 0 Å². The van der Waals surface area contributed by atoms with E-state index in [0.717, 1.165) is 5.56 Å². The van der Waals surface area contributed by atoms with E-state index in [2.05, 4.69) is 5.16 Å². The van der Waals surface area contributed by atoms with E-state index in [1.54, 1.807) is 30.2 Å². The minimum absolute atomic E-state index is 0.0337. The van der Waals surface area contributed by atoms with Crippen molar-refractivity contribution in [2.24, 2.45) is 0 Å². The largest absolute Gasteiger partial charge is 0.360 e. The van der Waals surface area contributed by atoms with Gasteiger partial charge in [-0.1, -0.05) is 19.0 Å². The number of rotatable bonds is 4. The summed E-state index contributed by atoms with van der Waals surface area (Å²) in [5.41, 5.74) is 2.40. The van der Waals surface area contributed by atoms with Gasteiger partial charge in [0.2, 0.25) is 0 Å². The molecule has 0 aliphatic rings. The number of hydrogen-bond donors (Lipinski definition) is 0. The molecule has 1 amide bonds. The van der Waals surface area contributed by atoms with Gasteiger partial charge in [-0.05, 0) is 29.3 Å². The molecule has 0 radical (unpaired) electrons. The lowest BCUT2D eigenvalue weighted by molar-refractivity contribution is 0.0781. The molecule has 0 N–H and O–H groups in total. The molecule has 4 nitrogen and oxygen atoms in total. The maximum atomic E-state index is 12.5. The van der Waals surface area contributed by atoms with Gasteiger partial charge in [-0.25, -0.2) is 0 Å². The number of aryl methyl sites for hydroxylation is 1. The Bertz CT molecular complexity index is 558. The predicted octanol–water partition coefficient (Wildman–Crippen LogP) is 3.44. The van der Waals surface area contributed by atoms with E-state index in [1.807, 2.05) is 30.7 Å². The van der Waals surface area contributed by atoms with Crippen LogP contribution in [0.1, 0.15) is 47.1 Å². The van der Waals surface area contributed by atoms with Crippen molar-refractivity contribution in [3.8, 4) is 0 Å². The normalized spacial score (nSPS) is 11.0. The van der Waals surface area contributed by atoms with Crippen LogP contribution in [0.5, 0.6) is 0 Å². The van der Waals surface area contributed by atoms with E-state index in [-0.39, 0.29) is 11.8 Å². The molecule has 2 aromatic rings. The van der Waals surface area contributed by atoms with Gasteiger partial charge in [0.15, 0.2) is 5.76 Å². The molecule has 0 aliphatic carbocycles. The maximum Gasteiger partial charge on any atom is 0.259 e. The summed E-state index contributed by atoms with van der Waals surface area (Å²) < 4.78 is 5.27. The monoisotopic (exact) mass is 278 g/mol. The van der Waals surface area contributed by atoms with E-state index in [9.17, 15) is 4.79 Å². The molecule has 2 aromatic heterocycles. The molecule has 0 atom stereocenters. The van der Waals surface area contributed by atoms with Crippen molar-refractivity contribution in [2.45, 2.75) is 33.2 Å². The number of thiophene rings is 1. The molecule has 0 aromatic carbocycles. The first-order chi connectivity index (χ1) is 9.00. The Morgan fingerprint density at radius 3 is 2.84 bits per heavy atom. The standard InChI is InChI=1S/C14H18N2O2S/c1-9(2)13-12(10(3)15-18-13)14(17)16(4)7-11-5-6-19-8-11/h5-6,8-9H,7H2,1-4H3. The van der Waals surface area contributed by atoms with Crippen LogP contribution in [0.2, 0.25) is 0 Å². The summed E-state index contributed by atoms with van der Waals surface area (Å²) in [6.07, 6.45) is 0. The van der Waals surface area contributed by atoms with Gasteiger partial charge in [0.05, 0.1) is 5.69 Å². The average Bonchev–Trinajstić information content (AvgIpc) is 2.97. The summed E-state index contributed by atoms with van der Waals surface area (Å²) in [7, 11) is 1.80. The van der Waals surface area contributed by atoms with Gasteiger partial charge in [0.1, 0.15) is 5.56 Å². The Balaban J connectivity index is 2.21. The lowest BCUT2D eigenvalue weighted by Crippen LogP contribution is -2.27. The molecule has 0 fully saturated rings. The smallest absolute Gasteiger partial charge is 0.259 e. The summed E-state index contributed by atoms with van der Waals surface area (Å²) in [5, 5.41) is 7.98. The Morgan fingerprint density at radius 2 is 2.26 bits per heavy atom. The van der Waals surface area contributed by atoms with Crippen molar-refractivity contribution in [3.63, 3.8) is 0 Å². The molecule has 0 unspecified atom stereocenters. The third-order valence-electron chi connectivity index (χ3n) is 2.97. The quantitative estimate of drug-likeness (QED) is 0.860. The molecule has 0 bridgehead atoms. The van der Waals surface area contributed by atoms with Crippen LogP contribution < -0.4 is 0 Å². The number of hydrogen-bond acceptors (Lipinski definition) is 4. The number of nitrogens with zero attached hydrogens (tertiary/aromatic N) is 2. The summed E-state index contributed by atoms with van der Waals surface area (Å²) >= 11 is 1.63. The summed E-state index contributed by atoms with van der Waals surface area (Å²) in [5.74, 6) is 0.781. The SMILES string of the molecule is Cc1noc(C(C)C)c1C(=O)N(C)Cc1ccsc1. The van der Waals surface area contributed by atoms with Crippen LogP contribution in [0.25, 0.3) is 0 Å². The Kier molecular flexibility index (Phi) is 4.04. The topological polar surface area (TPSA) is 46.3 Å². The van der Waals surface area contributed by atoms with E-state index in [1.165, 1.54) is 0 Å². The fourth-order valence-corrected chi connectivity index (χ4v) is 2.62. The van der Waals surface area contributed by atoms with Crippen LogP contribution in [-0.4, -0.2) is 23.0 Å². The first-order valence-corrected chi connectivity index (χ1v) is 7.17. The zero-order valence-electron chi connectivity index (χ0n) is 11.6. The summed E-state index contributed by atoms with van der Waals surface area (Å²) in [4.78, 5) is 14.2. The highest BCUT2D eigenvalue weighted by atomic mass is 32.1. The van der Waals surface area contributed by atoms with Gasteiger partial charge in [0.25, 0.3) is 5.91 Å². The van der Waals surface area contributed by atoms with E-state index in [0.29, 0.717) is 23.6 Å². The van der Waals surface area contributed by atoms with Crippen LogP contribution in [0.15, 0.2) is 21.3 Å². The second-order valence-electron chi connectivity index (χ2n) is 4.95. The van der Waals surface area contributed by atoms with E-state index < -0.39 is 0 Å². The van der Waals surface area contributed by atoms with Crippen molar-refractivity contribution < 1.29 is 9.32 Å². The first kappa shape index (κ1) is 13.8. The molecule has 2 rings (SSSR count). The molecule has 102 valence electrons. The Labute approximate surface area is 117 Å². The van der Waals surface area contributed by atoms with Gasteiger partial charge >= 0.3 is 0 Å². The molecular weight excluding hydrogens is 260 g/mol. The summed E-state index contributed by atoms with van der Waals surface area (Å²) in [6.45, 7) is 6.40. The van der Waals surface area contributed by atoms with Crippen molar-refractivity contribution in [1.29, 1.82) is 0 Å². The van der Waals surface area contributed by atoms with Gasteiger partial charge in [-0.2, -0.15) is 11.3 Å². The highest BCUT2D eigenvalue weighted by Gasteiger charge is 2.25. The third-order valence-corrected chi connectivity index (χ3v) is 3.71. The zero-order valence-corrected chi connectivity index (χ0v) is 12.5. The van der Waals surface area contributed by atoms with Crippen LogP contribution in [0.3, 0.4) is 0 Å². The predicted molar refractivity (Wildman–Crippen MR) is 75.4 cm³/mol. The van der Waals surface area contributed by atoms with Crippen LogP contribution in [-0.2, 0) is 6.54 Å². The van der Waals surface area contributed by atoms with Crippen molar-refractivity contribution in [3.05, 3.63) is 39.4 Å². The van der Waals surface area contributed by atoms with Gasteiger partial charge < -0.3 is 9.42 Å². The number of carbonyl (C=O) groups excluding carboxylic acids is 1. The molecule has 2 heterocycles. The highest BCUT2D eigenvalue weighted by Crippen LogP contribution is 2.24. The number of amides is 1.